The highest BCUT2D eigenvalue weighted by Gasteiger charge is 2.32. The molecule has 1 aromatic heterocycles. The molecule has 8 nitrogen and oxygen atoms in total. The molecule has 40 heavy (non-hydrogen) atoms. The van der Waals surface area contributed by atoms with Gasteiger partial charge in [0.25, 0.3) is 0 Å². The Kier molecular flexibility index (Phi) is 8.04. The van der Waals surface area contributed by atoms with Crippen molar-refractivity contribution >= 4 is 23.3 Å². The predicted octanol–water partition coefficient (Wildman–Crippen LogP) is 4.64. The molecule has 2 atom stereocenters. The van der Waals surface area contributed by atoms with Crippen LogP contribution in [0.4, 0.5) is 24.7 Å². The number of hydrogen-bond donors (Lipinski definition) is 4. The number of nitrogens with two attached hydrogens (primary N) is 1. The number of hydrogen-bond acceptors (Lipinski definition) is 6. The Morgan fingerprint density at radius 1 is 0.975 bits per heavy atom. The molecule has 1 saturated heterocycles. The van der Waals surface area contributed by atoms with E-state index in [0.717, 1.165) is 36.2 Å². The Morgan fingerprint density at radius 3 is 2.52 bits per heavy atom. The van der Waals surface area contributed by atoms with Gasteiger partial charge in [-0.2, -0.15) is 13.2 Å². The second-order valence-electron chi connectivity index (χ2n) is 10.1. The number of fused-ring (bicyclic) bond motifs is 1. The van der Waals surface area contributed by atoms with Crippen LogP contribution in [0, 0.1) is 11.8 Å². The van der Waals surface area contributed by atoms with Crippen molar-refractivity contribution in [3.8, 4) is 11.5 Å². The van der Waals surface area contributed by atoms with Crippen molar-refractivity contribution in [2.75, 3.05) is 23.7 Å². The van der Waals surface area contributed by atoms with Gasteiger partial charge in [-0.1, -0.05) is 6.07 Å². The Bertz CT molecular complexity index is 1410. The van der Waals surface area contributed by atoms with Gasteiger partial charge in [0.1, 0.15) is 17.3 Å². The molecule has 1 aliphatic carbocycles. The lowest BCUT2D eigenvalue weighted by Gasteiger charge is -2.25. The van der Waals surface area contributed by atoms with Gasteiger partial charge < -0.3 is 26.4 Å². The number of aryl methyl sites for hydroxylation is 1. The number of rotatable bonds is 7. The molecule has 11 heteroatoms. The van der Waals surface area contributed by atoms with Gasteiger partial charge in [0.2, 0.25) is 11.8 Å². The molecule has 0 bridgehead atoms. The number of pyridine rings is 1. The number of nitrogens with one attached hydrogen (secondary N) is 3. The van der Waals surface area contributed by atoms with Crippen LogP contribution in [0.1, 0.15) is 35.1 Å². The largest absolute Gasteiger partial charge is 0.457 e. The summed E-state index contributed by atoms with van der Waals surface area (Å²) in [6, 6.07) is 12.4. The highest BCUT2D eigenvalue weighted by molar-refractivity contribution is 5.93. The summed E-state index contributed by atoms with van der Waals surface area (Å²) in [6.45, 7) is 1.39. The van der Waals surface area contributed by atoms with Crippen LogP contribution in [0.5, 0.6) is 11.5 Å². The van der Waals surface area contributed by atoms with E-state index in [0.29, 0.717) is 43.1 Å². The van der Waals surface area contributed by atoms with Gasteiger partial charge in [0.05, 0.1) is 11.5 Å². The number of benzene rings is 2. The van der Waals surface area contributed by atoms with E-state index in [1.54, 1.807) is 18.3 Å². The maximum absolute atomic E-state index is 13.3. The van der Waals surface area contributed by atoms with Crippen molar-refractivity contribution in [1.82, 2.24) is 10.3 Å². The fraction of sp³-hybridized carbons (Fsp3) is 0.345. The average molecular weight is 554 g/mol. The maximum Gasteiger partial charge on any atom is 0.416 e. The lowest BCUT2D eigenvalue weighted by atomic mass is 9.83. The topological polar surface area (TPSA) is 118 Å². The van der Waals surface area contributed by atoms with Crippen molar-refractivity contribution in [1.29, 1.82) is 0 Å². The van der Waals surface area contributed by atoms with E-state index in [2.05, 4.69) is 20.9 Å². The number of carbonyl (C=O) groups excluding carboxylic acids is 2. The van der Waals surface area contributed by atoms with E-state index in [-0.39, 0.29) is 35.5 Å². The smallest absolute Gasteiger partial charge is 0.416 e. The number of amides is 2. The van der Waals surface area contributed by atoms with Crippen molar-refractivity contribution in [2.24, 2.45) is 17.6 Å². The summed E-state index contributed by atoms with van der Waals surface area (Å²) in [4.78, 5) is 29.7. The third kappa shape index (κ3) is 6.60. The van der Waals surface area contributed by atoms with E-state index < -0.39 is 17.7 Å². The normalized spacial score (nSPS) is 18.6. The van der Waals surface area contributed by atoms with Gasteiger partial charge in [0.15, 0.2) is 0 Å². The summed E-state index contributed by atoms with van der Waals surface area (Å²) in [6.07, 6.45) is -0.545. The lowest BCUT2D eigenvalue weighted by Crippen LogP contribution is -2.28. The second kappa shape index (κ2) is 11.6. The minimum atomic E-state index is -4.54. The second-order valence-corrected chi connectivity index (χ2v) is 10.1. The van der Waals surface area contributed by atoms with Crippen LogP contribution in [0.3, 0.4) is 0 Å². The van der Waals surface area contributed by atoms with E-state index in [4.69, 9.17) is 10.5 Å². The van der Waals surface area contributed by atoms with Crippen molar-refractivity contribution < 1.29 is 27.5 Å². The molecule has 5 N–H and O–H groups in total. The van der Waals surface area contributed by atoms with Crippen LogP contribution < -0.4 is 26.4 Å². The third-order valence-electron chi connectivity index (χ3n) is 7.25. The molecule has 1 unspecified atom stereocenters. The lowest BCUT2D eigenvalue weighted by molar-refractivity contribution is -0.137. The molecular weight excluding hydrogens is 523 g/mol. The Balaban J connectivity index is 1.25. The van der Waals surface area contributed by atoms with Gasteiger partial charge in [-0.05, 0) is 85.3 Å². The monoisotopic (exact) mass is 553 g/mol. The number of halogens is 3. The van der Waals surface area contributed by atoms with Crippen LogP contribution in [-0.4, -0.2) is 29.9 Å². The Hall–Kier alpha value is -3.96. The van der Waals surface area contributed by atoms with E-state index >= 15 is 0 Å². The van der Waals surface area contributed by atoms with Crippen LogP contribution in [-0.2, 0) is 35.2 Å². The van der Waals surface area contributed by atoms with Gasteiger partial charge in [-0.3, -0.25) is 9.59 Å². The summed E-state index contributed by atoms with van der Waals surface area (Å²) >= 11 is 0. The molecular formula is C29H30F3N5O3. The molecule has 2 amide bonds. The zero-order valence-electron chi connectivity index (χ0n) is 21.7. The van der Waals surface area contributed by atoms with Gasteiger partial charge in [0, 0.05) is 37.0 Å². The van der Waals surface area contributed by atoms with Crippen LogP contribution in [0.25, 0.3) is 0 Å². The first-order chi connectivity index (χ1) is 19.2. The molecule has 1 aliphatic heterocycles. The zero-order valence-corrected chi connectivity index (χ0v) is 21.7. The first-order valence-corrected chi connectivity index (χ1v) is 13.2. The number of alkyl halides is 3. The molecule has 1 fully saturated rings. The maximum atomic E-state index is 13.3. The minimum Gasteiger partial charge on any atom is -0.457 e. The first-order valence-electron chi connectivity index (χ1n) is 13.2. The third-order valence-corrected chi connectivity index (χ3v) is 7.25. The summed E-state index contributed by atoms with van der Waals surface area (Å²) in [5.74, 6) is 0.536. The highest BCUT2D eigenvalue weighted by Crippen LogP contribution is 2.34. The fourth-order valence-electron chi connectivity index (χ4n) is 5.10. The molecule has 3 aromatic rings. The average Bonchev–Trinajstić information content (AvgIpc) is 3.48. The van der Waals surface area contributed by atoms with Crippen molar-refractivity contribution in [3.05, 3.63) is 77.0 Å². The quantitative estimate of drug-likeness (QED) is 0.339. The Morgan fingerprint density at radius 2 is 1.77 bits per heavy atom. The standard InChI is InChI=1S/C29H30F3N5O3/c30-29(31,32)22-9-17(15-33)10-23(13-22)36-27(38)19-2-1-18-3-4-24(12-21(18)11-19)40-25-6-8-35-26(14-25)37-28(39)20-5-7-34-16-20/h3-4,6,8-10,12-14,19-20,34H,1-2,5,7,11,15-16,33H2,(H,36,38)(H,35,37,39)/t19?,20-/m0/s1. The number of anilines is 2. The SMILES string of the molecule is NCc1cc(NC(=O)C2CCc3ccc(Oc4ccnc(NC(=O)[C@H]5CCNC5)c4)cc3C2)cc(C(F)(F)F)c1. The van der Waals surface area contributed by atoms with Gasteiger partial charge >= 0.3 is 6.18 Å². The Labute approximate surface area is 229 Å². The number of nitrogens with zero attached hydrogens (tertiary/aromatic N) is 1. The summed E-state index contributed by atoms with van der Waals surface area (Å²) in [5.41, 5.74) is 7.11. The van der Waals surface area contributed by atoms with Gasteiger partial charge in [-0.15, -0.1) is 0 Å². The summed E-state index contributed by atoms with van der Waals surface area (Å²) in [5, 5.41) is 8.65. The van der Waals surface area contributed by atoms with E-state index in [9.17, 15) is 22.8 Å². The number of aromatic nitrogens is 1. The van der Waals surface area contributed by atoms with Crippen LogP contribution in [0.2, 0.25) is 0 Å². The first kappa shape index (κ1) is 27.6. The summed E-state index contributed by atoms with van der Waals surface area (Å²) < 4.78 is 45.9. The molecule has 0 spiro atoms. The highest BCUT2D eigenvalue weighted by atomic mass is 19.4. The summed E-state index contributed by atoms with van der Waals surface area (Å²) in [7, 11) is 0. The molecule has 0 radical (unpaired) electrons. The number of carbonyl (C=O) groups is 2. The zero-order chi connectivity index (χ0) is 28.3. The van der Waals surface area contributed by atoms with Crippen LogP contribution >= 0.6 is 0 Å². The predicted molar refractivity (Wildman–Crippen MR) is 144 cm³/mol. The molecule has 210 valence electrons. The van der Waals surface area contributed by atoms with Crippen LogP contribution in [0.15, 0.2) is 54.7 Å². The molecule has 5 rings (SSSR count). The van der Waals surface area contributed by atoms with Crippen molar-refractivity contribution in [3.63, 3.8) is 0 Å². The molecule has 2 heterocycles. The van der Waals surface area contributed by atoms with E-state index in [1.165, 1.54) is 6.07 Å². The van der Waals surface area contributed by atoms with Gasteiger partial charge in [-0.25, -0.2) is 4.98 Å². The fourth-order valence-corrected chi connectivity index (χ4v) is 5.10. The van der Waals surface area contributed by atoms with E-state index in [1.807, 2.05) is 18.2 Å². The van der Waals surface area contributed by atoms with Crippen molar-refractivity contribution in [2.45, 2.75) is 38.4 Å². The molecule has 2 aliphatic rings. The molecule has 2 aromatic carbocycles. The molecule has 0 saturated carbocycles. The minimum absolute atomic E-state index is 0.0737. The number of ether oxygens (including phenoxy) is 1.